The van der Waals surface area contributed by atoms with Gasteiger partial charge in [0, 0.05) is 26.2 Å². The van der Waals surface area contributed by atoms with Gasteiger partial charge in [-0.1, -0.05) is 13.8 Å². The number of hydrogen-bond acceptors (Lipinski definition) is 3. The van der Waals surface area contributed by atoms with Gasteiger partial charge in [0.15, 0.2) is 0 Å². The zero-order valence-electron chi connectivity index (χ0n) is 8.42. The van der Waals surface area contributed by atoms with Gasteiger partial charge in [0.25, 0.3) is 0 Å². The van der Waals surface area contributed by atoms with Crippen LogP contribution in [-0.2, 0) is 4.79 Å². The molecule has 0 radical (unpaired) electrons. The van der Waals surface area contributed by atoms with Crippen molar-refractivity contribution in [2.75, 3.05) is 26.2 Å². The zero-order chi connectivity index (χ0) is 9.84. The number of nitrogens with zero attached hydrogens (tertiary/aromatic N) is 1. The third kappa shape index (κ3) is 2.67. The minimum atomic E-state index is -0.335. The van der Waals surface area contributed by atoms with Crippen molar-refractivity contribution in [3.8, 4) is 0 Å². The van der Waals surface area contributed by atoms with Crippen molar-refractivity contribution in [1.29, 1.82) is 0 Å². The molecule has 1 aliphatic heterocycles. The molecule has 0 aliphatic carbocycles. The highest BCUT2D eigenvalue weighted by Crippen LogP contribution is 2.04. The summed E-state index contributed by atoms with van der Waals surface area (Å²) in [6, 6.07) is -0.335. The molecule has 0 bridgehead atoms. The van der Waals surface area contributed by atoms with Crippen LogP contribution in [0, 0.1) is 5.92 Å². The highest BCUT2D eigenvalue weighted by Gasteiger charge is 2.24. The lowest BCUT2D eigenvalue weighted by atomic mass is 10.0. The fraction of sp³-hybridized carbons (Fsp3) is 0.889. The van der Waals surface area contributed by atoms with Crippen molar-refractivity contribution in [3.63, 3.8) is 0 Å². The first-order valence-electron chi connectivity index (χ1n) is 4.88. The Morgan fingerprint density at radius 3 is 2.38 bits per heavy atom. The smallest absolute Gasteiger partial charge is 0.239 e. The first-order chi connectivity index (χ1) is 6.13. The molecule has 13 heavy (non-hydrogen) atoms. The van der Waals surface area contributed by atoms with Crippen molar-refractivity contribution < 1.29 is 4.79 Å². The summed E-state index contributed by atoms with van der Waals surface area (Å²) in [5, 5.41) is 3.20. The number of amides is 1. The minimum absolute atomic E-state index is 0.0940. The number of carbonyl (C=O) groups is 1. The monoisotopic (exact) mass is 185 g/mol. The van der Waals surface area contributed by atoms with E-state index >= 15 is 0 Å². The van der Waals surface area contributed by atoms with Crippen LogP contribution in [-0.4, -0.2) is 43.0 Å². The second-order valence-electron chi connectivity index (χ2n) is 3.85. The van der Waals surface area contributed by atoms with Crippen molar-refractivity contribution in [1.82, 2.24) is 10.2 Å². The van der Waals surface area contributed by atoms with Gasteiger partial charge in [0.2, 0.25) is 5.91 Å². The van der Waals surface area contributed by atoms with Gasteiger partial charge in [-0.25, -0.2) is 0 Å². The molecule has 0 saturated carbocycles. The number of nitrogens with two attached hydrogens (primary N) is 1. The molecule has 4 heteroatoms. The van der Waals surface area contributed by atoms with E-state index in [0.717, 1.165) is 26.2 Å². The van der Waals surface area contributed by atoms with Crippen molar-refractivity contribution in [2.24, 2.45) is 11.7 Å². The van der Waals surface area contributed by atoms with Crippen LogP contribution in [0.4, 0.5) is 0 Å². The summed E-state index contributed by atoms with van der Waals surface area (Å²) in [6.45, 7) is 7.31. The number of rotatable bonds is 2. The second kappa shape index (κ2) is 4.58. The van der Waals surface area contributed by atoms with E-state index in [4.69, 9.17) is 5.73 Å². The summed E-state index contributed by atoms with van der Waals surface area (Å²) in [7, 11) is 0. The summed E-state index contributed by atoms with van der Waals surface area (Å²) in [6.07, 6.45) is 0. The largest absolute Gasteiger partial charge is 0.339 e. The lowest BCUT2D eigenvalue weighted by Gasteiger charge is -2.30. The van der Waals surface area contributed by atoms with Gasteiger partial charge in [-0.2, -0.15) is 0 Å². The Bertz CT molecular complexity index is 176. The van der Waals surface area contributed by atoms with E-state index in [1.807, 2.05) is 18.7 Å². The third-order valence-electron chi connectivity index (χ3n) is 2.43. The Hall–Kier alpha value is -0.610. The summed E-state index contributed by atoms with van der Waals surface area (Å²) in [5.41, 5.74) is 5.78. The van der Waals surface area contributed by atoms with Crippen LogP contribution in [0.1, 0.15) is 13.8 Å². The normalized spacial score (nSPS) is 20.5. The SMILES string of the molecule is CC(C)[C@@H](N)C(=O)N1CCNCC1. The van der Waals surface area contributed by atoms with Gasteiger partial charge in [-0.05, 0) is 5.92 Å². The topological polar surface area (TPSA) is 58.4 Å². The molecule has 1 saturated heterocycles. The van der Waals surface area contributed by atoms with Gasteiger partial charge in [0.1, 0.15) is 0 Å². The predicted octanol–water partition coefficient (Wildman–Crippen LogP) is -0.598. The molecule has 1 rings (SSSR count). The highest BCUT2D eigenvalue weighted by molar-refractivity contribution is 5.82. The van der Waals surface area contributed by atoms with Gasteiger partial charge in [0.05, 0.1) is 6.04 Å². The average Bonchev–Trinajstić information content (AvgIpc) is 2.17. The van der Waals surface area contributed by atoms with Gasteiger partial charge >= 0.3 is 0 Å². The van der Waals surface area contributed by atoms with E-state index in [1.54, 1.807) is 0 Å². The fourth-order valence-electron chi connectivity index (χ4n) is 1.38. The Morgan fingerprint density at radius 2 is 1.92 bits per heavy atom. The van der Waals surface area contributed by atoms with Crippen molar-refractivity contribution in [3.05, 3.63) is 0 Å². The molecule has 4 nitrogen and oxygen atoms in total. The van der Waals surface area contributed by atoms with Crippen LogP contribution < -0.4 is 11.1 Å². The minimum Gasteiger partial charge on any atom is -0.339 e. The Kier molecular flexibility index (Phi) is 3.69. The number of piperazine rings is 1. The van der Waals surface area contributed by atoms with E-state index in [1.165, 1.54) is 0 Å². The molecular formula is C9H19N3O. The summed E-state index contributed by atoms with van der Waals surface area (Å²) < 4.78 is 0. The third-order valence-corrected chi connectivity index (χ3v) is 2.43. The first kappa shape index (κ1) is 10.5. The molecule has 0 aromatic heterocycles. The molecular weight excluding hydrogens is 166 g/mol. The molecule has 1 atom stereocenters. The quantitative estimate of drug-likeness (QED) is 0.604. The molecule has 1 aliphatic rings. The molecule has 0 unspecified atom stereocenters. The molecule has 0 aromatic rings. The van der Waals surface area contributed by atoms with E-state index in [-0.39, 0.29) is 17.9 Å². The molecule has 76 valence electrons. The molecule has 1 amide bonds. The van der Waals surface area contributed by atoms with Crippen LogP contribution in [0.15, 0.2) is 0 Å². The maximum absolute atomic E-state index is 11.7. The predicted molar refractivity (Wildman–Crippen MR) is 52.3 cm³/mol. The van der Waals surface area contributed by atoms with Gasteiger partial charge in [-0.15, -0.1) is 0 Å². The molecule has 1 heterocycles. The van der Waals surface area contributed by atoms with E-state index < -0.39 is 0 Å². The molecule has 1 fully saturated rings. The maximum Gasteiger partial charge on any atom is 0.239 e. The van der Waals surface area contributed by atoms with E-state index in [9.17, 15) is 4.79 Å². The number of nitrogens with one attached hydrogen (secondary N) is 1. The van der Waals surface area contributed by atoms with Crippen LogP contribution >= 0.6 is 0 Å². The summed E-state index contributed by atoms with van der Waals surface area (Å²) in [4.78, 5) is 13.6. The zero-order valence-corrected chi connectivity index (χ0v) is 8.42. The fourth-order valence-corrected chi connectivity index (χ4v) is 1.38. The van der Waals surface area contributed by atoms with Crippen molar-refractivity contribution >= 4 is 5.91 Å². The average molecular weight is 185 g/mol. The molecule has 0 aromatic carbocycles. The lowest BCUT2D eigenvalue weighted by molar-refractivity contribution is -0.134. The lowest BCUT2D eigenvalue weighted by Crippen LogP contribution is -2.53. The Labute approximate surface area is 79.5 Å². The summed E-state index contributed by atoms with van der Waals surface area (Å²) in [5.74, 6) is 0.318. The van der Waals surface area contributed by atoms with E-state index in [2.05, 4.69) is 5.32 Å². The molecule has 0 spiro atoms. The maximum atomic E-state index is 11.7. The summed E-state index contributed by atoms with van der Waals surface area (Å²) >= 11 is 0. The number of carbonyl (C=O) groups excluding carboxylic acids is 1. The Balaban J connectivity index is 2.45. The molecule has 3 N–H and O–H groups in total. The first-order valence-corrected chi connectivity index (χ1v) is 4.88. The van der Waals surface area contributed by atoms with Gasteiger partial charge < -0.3 is 16.0 Å². The van der Waals surface area contributed by atoms with Crippen LogP contribution in [0.3, 0.4) is 0 Å². The highest BCUT2D eigenvalue weighted by atomic mass is 16.2. The standard InChI is InChI=1S/C9H19N3O/c1-7(2)8(10)9(13)12-5-3-11-4-6-12/h7-8,11H,3-6,10H2,1-2H3/t8-/m1/s1. The van der Waals surface area contributed by atoms with Crippen LogP contribution in [0.2, 0.25) is 0 Å². The number of hydrogen-bond donors (Lipinski definition) is 2. The van der Waals surface area contributed by atoms with E-state index in [0.29, 0.717) is 0 Å². The van der Waals surface area contributed by atoms with Crippen molar-refractivity contribution in [2.45, 2.75) is 19.9 Å². The van der Waals surface area contributed by atoms with Gasteiger partial charge in [-0.3, -0.25) is 4.79 Å². The Morgan fingerprint density at radius 1 is 1.38 bits per heavy atom. The van der Waals surface area contributed by atoms with Crippen LogP contribution in [0.25, 0.3) is 0 Å². The second-order valence-corrected chi connectivity index (χ2v) is 3.85. The van der Waals surface area contributed by atoms with Crippen LogP contribution in [0.5, 0.6) is 0 Å².